The van der Waals surface area contributed by atoms with E-state index in [2.05, 4.69) is 20.7 Å². The summed E-state index contributed by atoms with van der Waals surface area (Å²) in [6.07, 6.45) is -1.43. The van der Waals surface area contributed by atoms with E-state index in [0.29, 0.717) is 5.56 Å². The van der Waals surface area contributed by atoms with Crippen LogP contribution in [0.1, 0.15) is 5.56 Å². The Labute approximate surface area is 175 Å². The Kier molecular flexibility index (Phi) is 9.86. The van der Waals surface area contributed by atoms with Gasteiger partial charge >= 0.3 is 12.1 Å². The lowest BCUT2D eigenvalue weighted by molar-refractivity contribution is -0.142. The molecule has 0 aliphatic carbocycles. The molecule has 0 radical (unpaired) electrons. The maximum Gasteiger partial charge on any atom is 0.414 e. The fourth-order valence-corrected chi connectivity index (χ4v) is 2.49. The first-order chi connectivity index (χ1) is 13.6. The first kappa shape index (κ1) is 24.1. The summed E-state index contributed by atoms with van der Waals surface area (Å²) in [5.74, 6) is -3.40. The standard InChI is InChI=1S/C16H19Cl2N5O6/c1-20-6-13(25)21-11(14(26)27)7-29-16(28)23-15(19)22-12(24)5-8-9(17)3-2-4-10(8)18/h2-4,11,20H,5-7H2,1H3,(H,21,25)(H,26,27)(H3,19,22,23,24,28)/t11-/m0/s1. The molecule has 1 aromatic carbocycles. The highest BCUT2D eigenvalue weighted by Gasteiger charge is 2.22. The van der Waals surface area contributed by atoms with E-state index < -0.39 is 42.5 Å². The number of carbonyl (C=O) groups excluding carboxylic acids is 3. The Bertz CT molecular complexity index is 784. The Morgan fingerprint density at radius 2 is 1.76 bits per heavy atom. The number of benzene rings is 1. The number of hydrogen-bond donors (Lipinski definition) is 6. The van der Waals surface area contributed by atoms with Crippen LogP contribution < -0.4 is 21.3 Å². The van der Waals surface area contributed by atoms with Crippen LogP contribution in [0.5, 0.6) is 0 Å². The van der Waals surface area contributed by atoms with E-state index in [1.54, 1.807) is 18.2 Å². The van der Waals surface area contributed by atoms with Gasteiger partial charge in [0.05, 0.1) is 13.0 Å². The van der Waals surface area contributed by atoms with Crippen molar-refractivity contribution < 1.29 is 29.0 Å². The number of carbonyl (C=O) groups is 4. The molecule has 0 saturated heterocycles. The van der Waals surface area contributed by atoms with Gasteiger partial charge in [0.2, 0.25) is 17.8 Å². The number of alkyl carbamates (subject to hydrolysis) is 1. The number of carboxylic acid groups (broad SMARTS) is 1. The Morgan fingerprint density at radius 1 is 1.14 bits per heavy atom. The van der Waals surface area contributed by atoms with Crippen LogP contribution in [0.4, 0.5) is 4.79 Å². The summed E-state index contributed by atoms with van der Waals surface area (Å²) in [6, 6.07) is 3.22. The number of hydrogen-bond acceptors (Lipinski definition) is 7. The van der Waals surface area contributed by atoms with E-state index in [0.717, 1.165) is 0 Å². The van der Waals surface area contributed by atoms with Gasteiger partial charge in [0.15, 0.2) is 6.04 Å². The fraction of sp³-hybridized carbons (Fsp3) is 0.312. The first-order valence-corrected chi connectivity index (χ1v) is 8.81. The van der Waals surface area contributed by atoms with Crippen LogP contribution in [-0.4, -0.2) is 61.2 Å². The summed E-state index contributed by atoms with van der Waals surface area (Å²) < 4.78 is 4.65. The zero-order chi connectivity index (χ0) is 22.0. The molecule has 0 aliphatic heterocycles. The van der Waals surface area contributed by atoms with Gasteiger partial charge in [-0.15, -0.1) is 0 Å². The second-order valence-corrected chi connectivity index (χ2v) is 6.33. The predicted octanol–water partition coefficient (Wildman–Crippen LogP) is 0.102. The molecule has 1 aromatic rings. The van der Waals surface area contributed by atoms with Crippen molar-refractivity contribution in [1.82, 2.24) is 21.3 Å². The van der Waals surface area contributed by atoms with Gasteiger partial charge in [-0.2, -0.15) is 0 Å². The van der Waals surface area contributed by atoms with Crippen molar-refractivity contribution >= 4 is 53.0 Å². The molecule has 6 N–H and O–H groups in total. The lowest BCUT2D eigenvalue weighted by Gasteiger charge is -2.15. The monoisotopic (exact) mass is 447 g/mol. The molecule has 1 atom stereocenters. The van der Waals surface area contributed by atoms with E-state index in [-0.39, 0.29) is 23.0 Å². The molecule has 0 fully saturated rings. The second-order valence-electron chi connectivity index (χ2n) is 5.51. The van der Waals surface area contributed by atoms with Crippen LogP contribution >= 0.6 is 23.2 Å². The number of likely N-dealkylation sites (N-methyl/N-ethyl adjacent to an activating group) is 1. The van der Waals surface area contributed by atoms with Gasteiger partial charge in [0.25, 0.3) is 0 Å². The fourth-order valence-electron chi connectivity index (χ4n) is 1.95. The quantitative estimate of drug-likeness (QED) is 0.242. The zero-order valence-corrected chi connectivity index (χ0v) is 16.7. The molecule has 11 nitrogen and oxygen atoms in total. The van der Waals surface area contributed by atoms with Gasteiger partial charge in [-0.3, -0.25) is 25.6 Å². The Hall–Kier alpha value is -2.89. The van der Waals surface area contributed by atoms with E-state index in [1.807, 2.05) is 5.32 Å². The van der Waals surface area contributed by atoms with Crippen LogP contribution in [0.15, 0.2) is 18.2 Å². The lowest BCUT2D eigenvalue weighted by atomic mass is 10.1. The molecule has 158 valence electrons. The number of guanidine groups is 1. The number of amides is 3. The molecule has 13 heteroatoms. The average molecular weight is 448 g/mol. The SMILES string of the molecule is CNCC(=O)N[C@@H](COC(=O)NC(=N)NC(=O)Cc1c(Cl)cccc1Cl)C(=O)O. The number of halogens is 2. The summed E-state index contributed by atoms with van der Waals surface area (Å²) >= 11 is 11.9. The van der Waals surface area contributed by atoms with Gasteiger partial charge in [-0.05, 0) is 24.7 Å². The van der Waals surface area contributed by atoms with Crippen LogP contribution in [0, 0.1) is 5.41 Å². The third kappa shape index (κ3) is 8.77. The third-order valence-electron chi connectivity index (χ3n) is 3.24. The minimum absolute atomic E-state index is 0.123. The van der Waals surface area contributed by atoms with E-state index in [9.17, 15) is 19.2 Å². The molecular formula is C16H19Cl2N5O6. The second kappa shape index (κ2) is 11.8. The van der Waals surface area contributed by atoms with Gasteiger partial charge in [0.1, 0.15) is 6.61 Å². The lowest BCUT2D eigenvalue weighted by Crippen LogP contribution is -2.49. The van der Waals surface area contributed by atoms with E-state index >= 15 is 0 Å². The molecule has 29 heavy (non-hydrogen) atoms. The minimum atomic E-state index is -1.48. The largest absolute Gasteiger partial charge is 0.480 e. The van der Waals surface area contributed by atoms with Crippen molar-refractivity contribution in [2.24, 2.45) is 0 Å². The third-order valence-corrected chi connectivity index (χ3v) is 3.95. The van der Waals surface area contributed by atoms with Crippen LogP contribution in [-0.2, 0) is 25.5 Å². The van der Waals surface area contributed by atoms with E-state index in [4.69, 9.17) is 33.7 Å². The number of aliphatic carboxylic acids is 1. The topological polar surface area (TPSA) is 170 Å². The minimum Gasteiger partial charge on any atom is -0.480 e. The highest BCUT2D eigenvalue weighted by atomic mass is 35.5. The molecular weight excluding hydrogens is 429 g/mol. The van der Waals surface area contributed by atoms with Crippen molar-refractivity contribution in [3.63, 3.8) is 0 Å². The highest BCUT2D eigenvalue weighted by molar-refractivity contribution is 6.36. The maximum atomic E-state index is 12.0. The summed E-state index contributed by atoms with van der Waals surface area (Å²) in [4.78, 5) is 46.1. The molecule has 0 aliphatic rings. The normalized spacial score (nSPS) is 11.1. The van der Waals surface area contributed by atoms with Gasteiger partial charge in [0, 0.05) is 10.0 Å². The Balaban J connectivity index is 2.48. The maximum absolute atomic E-state index is 12.0. The summed E-state index contributed by atoms with van der Waals surface area (Å²) in [7, 11) is 1.50. The predicted molar refractivity (Wildman–Crippen MR) is 104 cm³/mol. The molecule has 0 saturated carbocycles. The molecule has 3 amide bonds. The summed E-state index contributed by atoms with van der Waals surface area (Å²) in [5.41, 5.74) is 0.352. The zero-order valence-electron chi connectivity index (χ0n) is 15.2. The molecule has 0 spiro atoms. The molecule has 0 unspecified atom stereocenters. The smallest absolute Gasteiger partial charge is 0.414 e. The molecule has 0 aromatic heterocycles. The van der Waals surface area contributed by atoms with Gasteiger partial charge in [-0.1, -0.05) is 29.3 Å². The van der Waals surface area contributed by atoms with Crippen molar-refractivity contribution in [3.05, 3.63) is 33.8 Å². The average Bonchev–Trinajstić information content (AvgIpc) is 2.61. The molecule has 0 bridgehead atoms. The molecule has 0 heterocycles. The van der Waals surface area contributed by atoms with E-state index in [1.165, 1.54) is 7.05 Å². The van der Waals surface area contributed by atoms with Crippen LogP contribution in [0.25, 0.3) is 0 Å². The van der Waals surface area contributed by atoms with Gasteiger partial charge < -0.3 is 20.5 Å². The first-order valence-electron chi connectivity index (χ1n) is 8.05. The summed E-state index contributed by atoms with van der Waals surface area (Å²) in [5, 5.41) is 25.8. The van der Waals surface area contributed by atoms with Crippen LogP contribution in [0.2, 0.25) is 10.0 Å². The van der Waals surface area contributed by atoms with Crippen molar-refractivity contribution in [3.8, 4) is 0 Å². The van der Waals surface area contributed by atoms with Gasteiger partial charge in [-0.25, -0.2) is 9.59 Å². The van der Waals surface area contributed by atoms with Crippen molar-refractivity contribution in [1.29, 1.82) is 5.41 Å². The number of ether oxygens (including phenoxy) is 1. The van der Waals surface area contributed by atoms with Crippen molar-refractivity contribution in [2.45, 2.75) is 12.5 Å². The number of carboxylic acids is 1. The van der Waals surface area contributed by atoms with Crippen LogP contribution in [0.3, 0.4) is 0 Å². The highest BCUT2D eigenvalue weighted by Crippen LogP contribution is 2.24. The summed E-state index contributed by atoms with van der Waals surface area (Å²) in [6.45, 7) is -0.810. The Morgan fingerprint density at radius 3 is 2.31 bits per heavy atom. The molecule has 1 rings (SSSR count). The number of rotatable bonds is 8. The van der Waals surface area contributed by atoms with Crippen molar-refractivity contribution in [2.75, 3.05) is 20.2 Å². The number of nitrogens with one attached hydrogen (secondary N) is 5.